The van der Waals surface area contributed by atoms with Crippen LogP contribution in [0.2, 0.25) is 0 Å². The molecule has 0 aliphatic heterocycles. The van der Waals surface area contributed by atoms with E-state index >= 15 is 0 Å². The maximum Gasteiger partial charge on any atom is 0.0725 e. The fourth-order valence-electron chi connectivity index (χ4n) is 3.56. The predicted molar refractivity (Wildman–Crippen MR) is 89.5 cm³/mol. The fraction of sp³-hybridized carbons (Fsp3) is 0.500. The first-order chi connectivity index (χ1) is 10.3. The lowest BCUT2D eigenvalue weighted by molar-refractivity contribution is 0.255. The first kappa shape index (κ1) is 14.3. The number of aryl methyl sites for hydroxylation is 1. The number of anilines is 1. The standard InChI is InChI=1S/C18H25N3/c1-13-10-18(16-8-4-5-9-17(16)21-13)20-12-15-7-3-2-6-14(15)11-19/h4-5,8-10,14-15H,2-3,6-7,11-12,19H2,1H3,(H,20,21). The molecule has 0 radical (unpaired) electrons. The van der Waals surface area contributed by atoms with Crippen molar-refractivity contribution in [3.05, 3.63) is 36.0 Å². The number of pyridine rings is 1. The predicted octanol–water partition coefficient (Wildman–Crippen LogP) is 3.72. The van der Waals surface area contributed by atoms with Gasteiger partial charge < -0.3 is 11.1 Å². The Morgan fingerprint density at radius 2 is 1.95 bits per heavy atom. The highest BCUT2D eigenvalue weighted by atomic mass is 14.9. The SMILES string of the molecule is Cc1cc(NCC2CCCCC2CN)c2ccccc2n1. The van der Waals surface area contributed by atoms with Crippen LogP contribution in [0, 0.1) is 18.8 Å². The minimum absolute atomic E-state index is 0.681. The first-order valence-corrected chi connectivity index (χ1v) is 8.08. The summed E-state index contributed by atoms with van der Waals surface area (Å²) in [6.45, 7) is 3.90. The third-order valence-corrected chi connectivity index (χ3v) is 4.77. The van der Waals surface area contributed by atoms with E-state index in [-0.39, 0.29) is 0 Å². The van der Waals surface area contributed by atoms with Gasteiger partial charge in [0.15, 0.2) is 0 Å². The molecule has 2 unspecified atom stereocenters. The molecule has 1 aromatic heterocycles. The molecule has 1 aromatic carbocycles. The van der Waals surface area contributed by atoms with Crippen molar-refractivity contribution in [2.24, 2.45) is 17.6 Å². The summed E-state index contributed by atoms with van der Waals surface area (Å²) in [6, 6.07) is 10.5. The van der Waals surface area contributed by atoms with Crippen LogP contribution in [0.1, 0.15) is 31.4 Å². The average Bonchev–Trinajstić information content (AvgIpc) is 2.52. The van der Waals surface area contributed by atoms with Crippen LogP contribution in [0.25, 0.3) is 10.9 Å². The van der Waals surface area contributed by atoms with Crippen molar-refractivity contribution >= 4 is 16.6 Å². The maximum absolute atomic E-state index is 5.94. The zero-order chi connectivity index (χ0) is 14.7. The molecule has 0 saturated heterocycles. The number of hydrogen-bond donors (Lipinski definition) is 2. The molecule has 2 aromatic rings. The van der Waals surface area contributed by atoms with Crippen molar-refractivity contribution in [1.29, 1.82) is 0 Å². The Hall–Kier alpha value is -1.61. The van der Waals surface area contributed by atoms with Gasteiger partial charge in [-0.1, -0.05) is 31.0 Å². The maximum atomic E-state index is 5.94. The van der Waals surface area contributed by atoms with E-state index in [4.69, 9.17) is 5.73 Å². The summed E-state index contributed by atoms with van der Waals surface area (Å²) in [6.07, 6.45) is 5.28. The van der Waals surface area contributed by atoms with Gasteiger partial charge in [0.2, 0.25) is 0 Å². The third-order valence-electron chi connectivity index (χ3n) is 4.77. The van der Waals surface area contributed by atoms with E-state index in [1.54, 1.807) is 0 Å². The van der Waals surface area contributed by atoms with Gasteiger partial charge in [0.1, 0.15) is 0 Å². The Bertz CT molecular complexity index is 608. The van der Waals surface area contributed by atoms with Crippen LogP contribution >= 0.6 is 0 Å². The van der Waals surface area contributed by atoms with Gasteiger partial charge in [-0.2, -0.15) is 0 Å². The van der Waals surface area contributed by atoms with Crippen LogP contribution in [0.5, 0.6) is 0 Å². The molecule has 0 spiro atoms. The molecule has 1 aliphatic rings. The Labute approximate surface area is 127 Å². The normalized spacial score (nSPS) is 22.4. The highest BCUT2D eigenvalue weighted by Gasteiger charge is 2.23. The lowest BCUT2D eigenvalue weighted by Gasteiger charge is -2.31. The summed E-state index contributed by atoms with van der Waals surface area (Å²) < 4.78 is 0. The molecule has 1 aliphatic carbocycles. The molecule has 3 heteroatoms. The van der Waals surface area contributed by atoms with Crippen molar-refractivity contribution in [3.8, 4) is 0 Å². The number of fused-ring (bicyclic) bond motifs is 1. The van der Waals surface area contributed by atoms with E-state index in [2.05, 4.69) is 41.5 Å². The number of hydrogen-bond acceptors (Lipinski definition) is 3. The molecule has 0 amide bonds. The van der Waals surface area contributed by atoms with Gasteiger partial charge in [0.05, 0.1) is 5.52 Å². The molecular formula is C18H25N3. The molecular weight excluding hydrogens is 258 g/mol. The highest BCUT2D eigenvalue weighted by Crippen LogP contribution is 2.30. The third kappa shape index (κ3) is 3.18. The summed E-state index contributed by atoms with van der Waals surface area (Å²) in [4.78, 5) is 4.60. The first-order valence-electron chi connectivity index (χ1n) is 8.08. The van der Waals surface area contributed by atoms with Crippen LogP contribution < -0.4 is 11.1 Å². The molecule has 3 rings (SSSR count). The van der Waals surface area contributed by atoms with Gasteiger partial charge in [-0.3, -0.25) is 4.98 Å². The second-order valence-corrected chi connectivity index (χ2v) is 6.25. The monoisotopic (exact) mass is 283 g/mol. The summed E-state index contributed by atoms with van der Waals surface area (Å²) in [5, 5.41) is 4.88. The molecule has 1 fully saturated rings. The molecule has 1 saturated carbocycles. The summed E-state index contributed by atoms with van der Waals surface area (Å²) in [5.41, 5.74) is 9.28. The average molecular weight is 283 g/mol. The van der Waals surface area contributed by atoms with Gasteiger partial charge in [-0.15, -0.1) is 0 Å². The topological polar surface area (TPSA) is 50.9 Å². The Morgan fingerprint density at radius 1 is 1.19 bits per heavy atom. The molecule has 21 heavy (non-hydrogen) atoms. The number of rotatable bonds is 4. The van der Waals surface area contributed by atoms with Crippen LogP contribution in [-0.4, -0.2) is 18.1 Å². The molecule has 2 atom stereocenters. The van der Waals surface area contributed by atoms with E-state index in [1.165, 1.54) is 36.8 Å². The minimum Gasteiger partial charge on any atom is -0.384 e. The summed E-state index contributed by atoms with van der Waals surface area (Å²) in [7, 11) is 0. The molecule has 1 heterocycles. The number of nitrogens with zero attached hydrogens (tertiary/aromatic N) is 1. The van der Waals surface area contributed by atoms with E-state index in [1.807, 2.05) is 6.07 Å². The Balaban J connectivity index is 1.78. The number of benzene rings is 1. The van der Waals surface area contributed by atoms with Crippen LogP contribution in [0.3, 0.4) is 0 Å². The summed E-state index contributed by atoms with van der Waals surface area (Å²) >= 11 is 0. The highest BCUT2D eigenvalue weighted by molar-refractivity contribution is 5.91. The fourth-order valence-corrected chi connectivity index (χ4v) is 3.56. The van der Waals surface area contributed by atoms with Gasteiger partial charge >= 0.3 is 0 Å². The van der Waals surface area contributed by atoms with Crippen LogP contribution in [0.4, 0.5) is 5.69 Å². The van der Waals surface area contributed by atoms with E-state index in [9.17, 15) is 0 Å². The zero-order valence-corrected chi connectivity index (χ0v) is 12.8. The van der Waals surface area contributed by atoms with Crippen molar-refractivity contribution in [1.82, 2.24) is 4.98 Å². The zero-order valence-electron chi connectivity index (χ0n) is 12.8. The number of aromatic nitrogens is 1. The van der Waals surface area contributed by atoms with Crippen molar-refractivity contribution in [2.45, 2.75) is 32.6 Å². The van der Waals surface area contributed by atoms with Gasteiger partial charge in [0.25, 0.3) is 0 Å². The number of nitrogens with one attached hydrogen (secondary N) is 1. The van der Waals surface area contributed by atoms with Gasteiger partial charge in [-0.25, -0.2) is 0 Å². The minimum atomic E-state index is 0.681. The second kappa shape index (κ2) is 6.44. The van der Waals surface area contributed by atoms with E-state index < -0.39 is 0 Å². The van der Waals surface area contributed by atoms with E-state index in [0.717, 1.165) is 24.3 Å². The lowest BCUT2D eigenvalue weighted by atomic mass is 9.79. The molecule has 3 nitrogen and oxygen atoms in total. The molecule has 112 valence electrons. The van der Waals surface area contributed by atoms with Gasteiger partial charge in [0, 0.05) is 23.3 Å². The Morgan fingerprint density at radius 3 is 2.76 bits per heavy atom. The molecule has 3 N–H and O–H groups in total. The number of nitrogens with two attached hydrogens (primary N) is 1. The lowest BCUT2D eigenvalue weighted by Crippen LogP contribution is -2.31. The van der Waals surface area contributed by atoms with Gasteiger partial charge in [-0.05, 0) is 50.3 Å². The molecule has 0 bridgehead atoms. The smallest absolute Gasteiger partial charge is 0.0725 e. The summed E-state index contributed by atoms with van der Waals surface area (Å²) in [5.74, 6) is 1.39. The quantitative estimate of drug-likeness (QED) is 0.899. The Kier molecular flexibility index (Phi) is 4.39. The van der Waals surface area contributed by atoms with Crippen molar-refractivity contribution in [2.75, 3.05) is 18.4 Å². The largest absolute Gasteiger partial charge is 0.384 e. The number of para-hydroxylation sites is 1. The van der Waals surface area contributed by atoms with Crippen molar-refractivity contribution < 1.29 is 0 Å². The second-order valence-electron chi connectivity index (χ2n) is 6.25. The van der Waals surface area contributed by atoms with Crippen molar-refractivity contribution in [3.63, 3.8) is 0 Å². The van der Waals surface area contributed by atoms with Crippen LogP contribution in [-0.2, 0) is 0 Å². The van der Waals surface area contributed by atoms with Crippen LogP contribution in [0.15, 0.2) is 30.3 Å². The van der Waals surface area contributed by atoms with E-state index in [0.29, 0.717) is 11.8 Å².